The molecule has 28 heavy (non-hydrogen) atoms. The van der Waals surface area contributed by atoms with Gasteiger partial charge in [-0.05, 0) is 63.6 Å². The summed E-state index contributed by atoms with van der Waals surface area (Å²) in [5.41, 5.74) is 0.128. The van der Waals surface area contributed by atoms with Crippen LogP contribution in [0.2, 0.25) is 0 Å². The third-order valence-electron chi connectivity index (χ3n) is 5.83. The Morgan fingerprint density at radius 3 is 2.89 bits per heavy atom. The van der Waals surface area contributed by atoms with Crippen molar-refractivity contribution in [3.63, 3.8) is 0 Å². The number of hydrogen-bond donors (Lipinski definition) is 1. The maximum atomic E-state index is 13.7. The summed E-state index contributed by atoms with van der Waals surface area (Å²) in [7, 11) is 0. The summed E-state index contributed by atoms with van der Waals surface area (Å²) in [4.78, 5) is 8.33. The molecule has 6 heteroatoms. The minimum atomic E-state index is -0.821. The normalized spacial score (nSPS) is 23.5. The van der Waals surface area contributed by atoms with Gasteiger partial charge in [-0.1, -0.05) is 12.1 Å². The minimum absolute atomic E-state index is 0.281. The number of benzene rings is 1. The van der Waals surface area contributed by atoms with Crippen LogP contribution in [0.3, 0.4) is 0 Å². The van der Waals surface area contributed by atoms with E-state index in [1.54, 1.807) is 29.5 Å². The van der Waals surface area contributed by atoms with Crippen molar-refractivity contribution in [2.45, 2.75) is 51.0 Å². The highest BCUT2D eigenvalue weighted by Crippen LogP contribution is 2.38. The zero-order valence-corrected chi connectivity index (χ0v) is 17.3. The van der Waals surface area contributed by atoms with Crippen LogP contribution in [-0.4, -0.2) is 41.2 Å². The van der Waals surface area contributed by atoms with Crippen molar-refractivity contribution in [3.05, 3.63) is 45.7 Å². The van der Waals surface area contributed by atoms with Crippen molar-refractivity contribution in [1.82, 2.24) is 9.88 Å². The number of aromatic nitrogens is 1. The number of hydrogen-bond acceptors (Lipinski definition) is 5. The van der Waals surface area contributed by atoms with Gasteiger partial charge in [-0.2, -0.15) is 0 Å². The smallest absolute Gasteiger partial charge is 0.165 e. The third kappa shape index (κ3) is 4.73. The van der Waals surface area contributed by atoms with Crippen molar-refractivity contribution in [1.29, 1.82) is 0 Å². The molecule has 1 aliphatic heterocycles. The van der Waals surface area contributed by atoms with Crippen LogP contribution in [0.5, 0.6) is 5.75 Å². The highest BCUT2D eigenvalue weighted by Gasteiger charge is 2.36. The second-order valence-electron chi connectivity index (χ2n) is 8.19. The van der Waals surface area contributed by atoms with E-state index in [2.05, 4.69) is 4.90 Å². The SMILES string of the molecule is Cc1nc([C@]2(O)CCCN(CC3CC3)CC2)sc1CCOc1ccccc1F. The van der Waals surface area contributed by atoms with Gasteiger partial charge in [-0.3, -0.25) is 0 Å². The highest BCUT2D eigenvalue weighted by molar-refractivity contribution is 7.11. The van der Waals surface area contributed by atoms with Crippen LogP contribution in [0.25, 0.3) is 0 Å². The van der Waals surface area contributed by atoms with Crippen LogP contribution in [0.4, 0.5) is 4.39 Å². The number of halogens is 1. The van der Waals surface area contributed by atoms with E-state index in [4.69, 9.17) is 9.72 Å². The Morgan fingerprint density at radius 1 is 1.29 bits per heavy atom. The van der Waals surface area contributed by atoms with Crippen molar-refractivity contribution >= 4 is 11.3 Å². The average molecular weight is 405 g/mol. The lowest BCUT2D eigenvalue weighted by Crippen LogP contribution is -2.30. The lowest BCUT2D eigenvalue weighted by atomic mass is 9.96. The molecular formula is C22H29FN2O2S. The zero-order chi connectivity index (χ0) is 19.6. The van der Waals surface area contributed by atoms with Gasteiger partial charge in [0.2, 0.25) is 0 Å². The van der Waals surface area contributed by atoms with E-state index in [1.807, 2.05) is 6.92 Å². The van der Waals surface area contributed by atoms with Gasteiger partial charge in [-0.15, -0.1) is 11.3 Å². The van der Waals surface area contributed by atoms with Gasteiger partial charge in [0.15, 0.2) is 11.6 Å². The molecule has 2 fully saturated rings. The summed E-state index contributed by atoms with van der Waals surface area (Å²) in [5.74, 6) is 0.824. The lowest BCUT2D eigenvalue weighted by molar-refractivity contribution is 0.0208. The Labute approximate surface area is 170 Å². The standard InChI is InChI=1S/C22H29FN2O2S/c1-16-20(9-14-27-19-6-3-2-5-18(19)23)28-21(24-16)22(26)10-4-12-25(13-11-22)15-17-7-8-17/h2-3,5-6,17,26H,4,7-15H2,1H3/t22-/m0/s1. The summed E-state index contributed by atoms with van der Waals surface area (Å²) in [5, 5.41) is 12.1. The Morgan fingerprint density at radius 2 is 2.11 bits per heavy atom. The predicted octanol–water partition coefficient (Wildman–Crippen LogP) is 4.30. The van der Waals surface area contributed by atoms with Gasteiger partial charge in [-0.25, -0.2) is 9.37 Å². The van der Waals surface area contributed by atoms with E-state index < -0.39 is 5.60 Å². The largest absolute Gasteiger partial charge is 0.490 e. The van der Waals surface area contributed by atoms with Crippen LogP contribution in [0, 0.1) is 18.7 Å². The maximum Gasteiger partial charge on any atom is 0.165 e. The fourth-order valence-corrected chi connectivity index (χ4v) is 5.10. The number of thiazole rings is 1. The molecule has 2 heterocycles. The van der Waals surface area contributed by atoms with E-state index in [0.717, 1.165) is 53.8 Å². The second-order valence-corrected chi connectivity index (χ2v) is 9.27. The highest BCUT2D eigenvalue weighted by atomic mass is 32.1. The third-order valence-corrected chi connectivity index (χ3v) is 7.24. The topological polar surface area (TPSA) is 45.6 Å². The first kappa shape index (κ1) is 19.8. The van der Waals surface area contributed by atoms with Crippen molar-refractivity contribution in [2.24, 2.45) is 5.92 Å². The van der Waals surface area contributed by atoms with E-state index >= 15 is 0 Å². The molecule has 0 unspecified atom stereocenters. The monoisotopic (exact) mass is 404 g/mol. The summed E-state index contributed by atoms with van der Waals surface area (Å²) >= 11 is 1.59. The number of aryl methyl sites for hydroxylation is 1. The van der Waals surface area contributed by atoms with Crippen molar-refractivity contribution < 1.29 is 14.2 Å². The quantitative estimate of drug-likeness (QED) is 0.748. The summed E-state index contributed by atoms with van der Waals surface area (Å²) in [6, 6.07) is 6.46. The van der Waals surface area contributed by atoms with E-state index in [-0.39, 0.29) is 11.6 Å². The molecule has 1 aromatic heterocycles. The molecule has 1 saturated heterocycles. The number of nitrogens with zero attached hydrogens (tertiary/aromatic N) is 2. The number of para-hydroxylation sites is 1. The van der Waals surface area contributed by atoms with Crippen LogP contribution in [0.15, 0.2) is 24.3 Å². The first-order valence-corrected chi connectivity index (χ1v) is 11.1. The molecule has 4 rings (SSSR count). The van der Waals surface area contributed by atoms with Crippen molar-refractivity contribution in [3.8, 4) is 5.75 Å². The first-order chi connectivity index (χ1) is 13.5. The molecule has 1 saturated carbocycles. The molecule has 4 nitrogen and oxygen atoms in total. The minimum Gasteiger partial charge on any atom is -0.490 e. The number of likely N-dealkylation sites (tertiary alicyclic amines) is 1. The van der Waals surface area contributed by atoms with Crippen LogP contribution >= 0.6 is 11.3 Å². The zero-order valence-electron chi connectivity index (χ0n) is 16.5. The molecule has 2 aliphatic rings. The number of aliphatic hydroxyl groups is 1. The van der Waals surface area contributed by atoms with E-state index in [0.29, 0.717) is 13.0 Å². The van der Waals surface area contributed by atoms with Gasteiger partial charge >= 0.3 is 0 Å². The van der Waals surface area contributed by atoms with Gasteiger partial charge in [0.25, 0.3) is 0 Å². The molecule has 1 aromatic carbocycles. The summed E-state index contributed by atoms with van der Waals surface area (Å²) < 4.78 is 19.3. The molecule has 0 bridgehead atoms. The lowest BCUT2D eigenvalue weighted by Gasteiger charge is -2.24. The Hall–Kier alpha value is -1.50. The molecule has 152 valence electrons. The van der Waals surface area contributed by atoms with Gasteiger partial charge in [0, 0.05) is 24.4 Å². The number of ether oxygens (including phenoxy) is 1. The van der Waals surface area contributed by atoms with Gasteiger partial charge in [0.05, 0.1) is 12.3 Å². The molecule has 0 radical (unpaired) electrons. The first-order valence-electron chi connectivity index (χ1n) is 10.3. The summed E-state index contributed by atoms with van der Waals surface area (Å²) in [6.07, 6.45) is 5.93. The molecule has 0 spiro atoms. The molecular weight excluding hydrogens is 375 g/mol. The van der Waals surface area contributed by atoms with Crippen LogP contribution in [-0.2, 0) is 12.0 Å². The molecule has 2 aromatic rings. The Bertz CT molecular complexity index is 808. The van der Waals surface area contributed by atoms with Crippen LogP contribution in [0.1, 0.15) is 47.7 Å². The molecule has 1 N–H and O–H groups in total. The second kappa shape index (κ2) is 8.47. The van der Waals surface area contributed by atoms with Crippen LogP contribution < -0.4 is 4.74 Å². The summed E-state index contributed by atoms with van der Waals surface area (Å²) in [6.45, 7) is 5.59. The Balaban J connectivity index is 1.36. The Kier molecular flexibility index (Phi) is 5.99. The fourth-order valence-electron chi connectivity index (χ4n) is 3.91. The molecule has 0 amide bonds. The van der Waals surface area contributed by atoms with Crippen molar-refractivity contribution in [2.75, 3.05) is 26.2 Å². The van der Waals surface area contributed by atoms with E-state index in [1.165, 1.54) is 25.5 Å². The van der Waals surface area contributed by atoms with Gasteiger partial charge in [0.1, 0.15) is 10.6 Å². The molecule has 1 atom stereocenters. The number of rotatable bonds is 7. The van der Waals surface area contributed by atoms with E-state index in [9.17, 15) is 9.50 Å². The maximum absolute atomic E-state index is 13.7. The fraction of sp³-hybridized carbons (Fsp3) is 0.591. The molecule has 1 aliphatic carbocycles. The average Bonchev–Trinajstić information content (AvgIpc) is 3.44. The predicted molar refractivity (Wildman–Crippen MR) is 109 cm³/mol. The van der Waals surface area contributed by atoms with Gasteiger partial charge < -0.3 is 14.7 Å².